The van der Waals surface area contributed by atoms with Crippen LogP contribution >= 0.6 is 0 Å². The van der Waals surface area contributed by atoms with E-state index in [1.165, 1.54) is 16.2 Å². The number of para-hydroxylation sites is 1. The van der Waals surface area contributed by atoms with Crippen molar-refractivity contribution < 1.29 is 9.69 Å². The third-order valence-electron chi connectivity index (χ3n) is 4.81. The molecule has 24 heavy (non-hydrogen) atoms. The average molecular weight is 327 g/mol. The topological polar surface area (TPSA) is 49.1 Å². The molecule has 0 spiro atoms. The zero-order valence-electron chi connectivity index (χ0n) is 14.4. The lowest BCUT2D eigenvalue weighted by atomic mass is 10.2. The molecule has 1 aromatic rings. The fraction of sp³-hybridized carbons (Fsp3) is 0.474. The normalized spacial score (nSPS) is 20.3. The predicted molar refractivity (Wildman–Crippen MR) is 97.4 cm³/mol. The maximum absolute atomic E-state index is 11.9. The molecule has 3 rings (SSSR count). The van der Waals surface area contributed by atoms with Gasteiger partial charge in [-0.1, -0.05) is 23.8 Å². The van der Waals surface area contributed by atoms with Crippen LogP contribution in [0.25, 0.3) is 0 Å². The summed E-state index contributed by atoms with van der Waals surface area (Å²) < 4.78 is 0. The Morgan fingerprint density at radius 3 is 2.62 bits per heavy atom. The summed E-state index contributed by atoms with van der Waals surface area (Å²) in [6.07, 6.45) is 4.61. The van der Waals surface area contributed by atoms with Gasteiger partial charge in [0, 0.05) is 5.69 Å². The molecule has 0 radical (unpaired) electrons. The van der Waals surface area contributed by atoms with Crippen LogP contribution in [0.5, 0.6) is 0 Å². The van der Waals surface area contributed by atoms with Gasteiger partial charge in [0.2, 0.25) is 5.91 Å². The van der Waals surface area contributed by atoms with Gasteiger partial charge in [-0.05, 0) is 38.0 Å². The SMILES string of the molecule is CC1=C/C(=N/NC(=O)CC[NH+]2CCN(c3ccccc3)CC2)CC1. The van der Waals surface area contributed by atoms with Crippen molar-refractivity contribution in [2.45, 2.75) is 26.2 Å². The van der Waals surface area contributed by atoms with E-state index in [0.29, 0.717) is 6.42 Å². The highest BCUT2D eigenvalue weighted by molar-refractivity contribution is 5.98. The molecule has 5 heteroatoms. The highest BCUT2D eigenvalue weighted by Gasteiger charge is 2.20. The van der Waals surface area contributed by atoms with E-state index in [1.807, 2.05) is 0 Å². The number of quaternary nitrogens is 1. The second kappa shape index (κ2) is 8.11. The Hall–Kier alpha value is -2.14. The molecule has 0 saturated carbocycles. The number of carbonyl (C=O) groups excluding carboxylic acids is 1. The van der Waals surface area contributed by atoms with E-state index in [2.05, 4.69) is 58.8 Å². The Morgan fingerprint density at radius 2 is 1.96 bits per heavy atom. The van der Waals surface area contributed by atoms with Gasteiger partial charge < -0.3 is 9.80 Å². The molecule has 128 valence electrons. The number of anilines is 1. The zero-order chi connectivity index (χ0) is 16.8. The minimum absolute atomic E-state index is 0.0263. The number of amides is 1. The number of rotatable bonds is 5. The van der Waals surface area contributed by atoms with Gasteiger partial charge >= 0.3 is 0 Å². The molecular weight excluding hydrogens is 300 g/mol. The van der Waals surface area contributed by atoms with Gasteiger partial charge in [0.1, 0.15) is 0 Å². The van der Waals surface area contributed by atoms with Crippen LogP contribution < -0.4 is 15.2 Å². The van der Waals surface area contributed by atoms with E-state index >= 15 is 0 Å². The fourth-order valence-electron chi connectivity index (χ4n) is 3.29. The van der Waals surface area contributed by atoms with Crippen molar-refractivity contribution in [2.24, 2.45) is 5.10 Å². The van der Waals surface area contributed by atoms with Gasteiger partial charge in [0.15, 0.2) is 0 Å². The molecule has 5 nitrogen and oxygen atoms in total. The molecule has 1 saturated heterocycles. The summed E-state index contributed by atoms with van der Waals surface area (Å²) in [5.41, 5.74) is 6.32. The Kier molecular flexibility index (Phi) is 5.64. The summed E-state index contributed by atoms with van der Waals surface area (Å²) in [6.45, 7) is 7.24. The van der Waals surface area contributed by atoms with E-state index in [0.717, 1.165) is 51.3 Å². The van der Waals surface area contributed by atoms with Crippen LogP contribution in [0.2, 0.25) is 0 Å². The van der Waals surface area contributed by atoms with Crippen molar-refractivity contribution in [3.63, 3.8) is 0 Å². The first-order chi connectivity index (χ1) is 11.7. The minimum Gasteiger partial charge on any atom is -0.360 e. The van der Waals surface area contributed by atoms with Crippen molar-refractivity contribution in [1.82, 2.24) is 5.43 Å². The lowest BCUT2D eigenvalue weighted by molar-refractivity contribution is -0.900. The molecule has 0 bridgehead atoms. The lowest BCUT2D eigenvalue weighted by Gasteiger charge is -2.33. The summed E-state index contributed by atoms with van der Waals surface area (Å²) in [7, 11) is 0. The fourth-order valence-corrected chi connectivity index (χ4v) is 3.29. The van der Waals surface area contributed by atoms with Crippen LogP contribution in [0.1, 0.15) is 26.2 Å². The molecular formula is C19H27N4O+. The second-order valence-electron chi connectivity index (χ2n) is 6.70. The maximum atomic E-state index is 11.9. The number of benzene rings is 1. The van der Waals surface area contributed by atoms with Gasteiger partial charge in [-0.2, -0.15) is 5.10 Å². The smallest absolute Gasteiger partial charge is 0.245 e. The van der Waals surface area contributed by atoms with Crippen molar-refractivity contribution in [3.8, 4) is 0 Å². The molecule has 1 aliphatic carbocycles. The van der Waals surface area contributed by atoms with Crippen molar-refractivity contribution >= 4 is 17.3 Å². The number of piperazine rings is 1. The van der Waals surface area contributed by atoms with Crippen molar-refractivity contribution in [2.75, 3.05) is 37.6 Å². The number of hydrogen-bond donors (Lipinski definition) is 2. The maximum Gasteiger partial charge on any atom is 0.245 e. The van der Waals surface area contributed by atoms with Crippen LogP contribution in [0.15, 0.2) is 47.1 Å². The second-order valence-corrected chi connectivity index (χ2v) is 6.70. The Morgan fingerprint density at radius 1 is 1.21 bits per heavy atom. The molecule has 1 aromatic carbocycles. The first-order valence-corrected chi connectivity index (χ1v) is 8.87. The molecule has 2 aliphatic rings. The first kappa shape index (κ1) is 16.7. The summed E-state index contributed by atoms with van der Waals surface area (Å²) in [6, 6.07) is 10.5. The quantitative estimate of drug-likeness (QED) is 0.793. The zero-order valence-corrected chi connectivity index (χ0v) is 14.4. The monoisotopic (exact) mass is 327 g/mol. The summed E-state index contributed by atoms with van der Waals surface area (Å²) >= 11 is 0. The first-order valence-electron chi connectivity index (χ1n) is 8.87. The van der Waals surface area contributed by atoms with Gasteiger partial charge in [0.25, 0.3) is 0 Å². The minimum atomic E-state index is 0.0263. The Balaban J connectivity index is 1.37. The average Bonchev–Trinajstić information content (AvgIpc) is 3.05. The van der Waals surface area contributed by atoms with Crippen molar-refractivity contribution in [3.05, 3.63) is 42.0 Å². The van der Waals surface area contributed by atoms with Gasteiger partial charge in [-0.25, -0.2) is 5.43 Å². The van der Waals surface area contributed by atoms with Gasteiger partial charge in [-0.15, -0.1) is 0 Å². The van der Waals surface area contributed by atoms with E-state index in [9.17, 15) is 4.79 Å². The van der Waals surface area contributed by atoms with Crippen LogP contribution in [-0.2, 0) is 4.79 Å². The lowest BCUT2D eigenvalue weighted by Crippen LogP contribution is -3.15. The van der Waals surface area contributed by atoms with Crippen LogP contribution in [-0.4, -0.2) is 44.3 Å². The van der Waals surface area contributed by atoms with Crippen molar-refractivity contribution in [1.29, 1.82) is 0 Å². The third kappa shape index (κ3) is 4.68. The number of carbonyl (C=O) groups is 1. The standard InChI is InChI=1S/C19H26N4O/c1-16-7-8-17(15-16)20-21-19(24)9-10-22-11-13-23(14-12-22)18-5-3-2-4-6-18/h2-6,15H,7-14H2,1H3,(H,21,24)/p+1/b20-17+. The highest BCUT2D eigenvalue weighted by Crippen LogP contribution is 2.14. The number of nitrogens with one attached hydrogen (secondary N) is 2. The molecule has 0 atom stereocenters. The van der Waals surface area contributed by atoms with Gasteiger partial charge in [-0.3, -0.25) is 4.79 Å². The Labute approximate surface area is 144 Å². The third-order valence-corrected chi connectivity index (χ3v) is 4.81. The summed E-state index contributed by atoms with van der Waals surface area (Å²) in [4.78, 5) is 15.9. The molecule has 1 fully saturated rings. The number of nitrogens with zero attached hydrogens (tertiary/aromatic N) is 2. The molecule has 1 amide bonds. The molecule has 0 aromatic heterocycles. The molecule has 1 heterocycles. The van der Waals surface area contributed by atoms with Crippen LogP contribution in [0.3, 0.4) is 0 Å². The van der Waals surface area contributed by atoms with E-state index in [1.54, 1.807) is 0 Å². The number of allylic oxidation sites excluding steroid dienone is 2. The van der Waals surface area contributed by atoms with Crippen LogP contribution in [0, 0.1) is 0 Å². The molecule has 1 aliphatic heterocycles. The molecule has 2 N–H and O–H groups in total. The largest absolute Gasteiger partial charge is 0.360 e. The van der Waals surface area contributed by atoms with E-state index in [4.69, 9.17) is 0 Å². The Bertz CT molecular complexity index is 616. The van der Waals surface area contributed by atoms with Gasteiger partial charge in [0.05, 0.1) is 44.9 Å². The molecule has 0 unspecified atom stereocenters. The van der Waals surface area contributed by atoms with E-state index < -0.39 is 0 Å². The summed E-state index contributed by atoms with van der Waals surface area (Å²) in [5.74, 6) is 0.0263. The predicted octanol–water partition coefficient (Wildman–Crippen LogP) is 0.994. The number of hydrogen-bond acceptors (Lipinski definition) is 3. The number of hydrazone groups is 1. The summed E-state index contributed by atoms with van der Waals surface area (Å²) in [5, 5.41) is 4.21. The highest BCUT2D eigenvalue weighted by atomic mass is 16.2. The van der Waals surface area contributed by atoms with E-state index in [-0.39, 0.29) is 5.91 Å². The van der Waals surface area contributed by atoms with Crippen LogP contribution in [0.4, 0.5) is 5.69 Å².